The largest absolute Gasteiger partial charge is 0.396 e. The molecule has 0 spiro atoms. The van der Waals surface area contributed by atoms with Crippen LogP contribution in [0.4, 0.5) is 5.69 Å². The molecule has 1 heterocycles. The highest BCUT2D eigenvalue weighted by Gasteiger charge is 2.20. The molecular formula is C16H25BrN2O. The molecule has 0 bridgehead atoms. The molecule has 2 rings (SSSR count). The standard InChI is InChI=1S/C16H25BrN2O/c1-3-18-12(2)15-7-6-14(9-16(15)17)19-8-4-5-13(10-19)11-20/h6-7,9,12-13,18,20H,3-5,8,10-11H2,1-2H3. The third-order valence-corrected chi connectivity index (χ3v) is 4.79. The molecule has 1 fully saturated rings. The molecule has 112 valence electrons. The van der Waals surface area contributed by atoms with E-state index in [-0.39, 0.29) is 0 Å². The smallest absolute Gasteiger partial charge is 0.0476 e. The number of benzene rings is 1. The minimum Gasteiger partial charge on any atom is -0.396 e. The second-order valence-electron chi connectivity index (χ2n) is 5.62. The van der Waals surface area contributed by atoms with Gasteiger partial charge in [-0.15, -0.1) is 0 Å². The Hall–Kier alpha value is -0.580. The van der Waals surface area contributed by atoms with Gasteiger partial charge >= 0.3 is 0 Å². The fourth-order valence-electron chi connectivity index (χ4n) is 2.93. The highest BCUT2D eigenvalue weighted by atomic mass is 79.9. The van der Waals surface area contributed by atoms with Crippen molar-refractivity contribution in [1.82, 2.24) is 5.32 Å². The summed E-state index contributed by atoms with van der Waals surface area (Å²) in [6.45, 7) is 7.64. The maximum absolute atomic E-state index is 9.34. The normalized spacial score (nSPS) is 21.0. The SMILES string of the molecule is CCNC(C)c1ccc(N2CCCC(CO)C2)cc1Br. The van der Waals surface area contributed by atoms with E-state index in [9.17, 15) is 5.11 Å². The minimum atomic E-state index is 0.299. The van der Waals surface area contributed by atoms with Crippen LogP contribution in [-0.2, 0) is 0 Å². The summed E-state index contributed by atoms with van der Waals surface area (Å²) in [6, 6.07) is 6.97. The van der Waals surface area contributed by atoms with Gasteiger partial charge in [-0.2, -0.15) is 0 Å². The highest BCUT2D eigenvalue weighted by Crippen LogP contribution is 2.30. The van der Waals surface area contributed by atoms with Gasteiger partial charge in [0, 0.05) is 35.9 Å². The third-order valence-electron chi connectivity index (χ3n) is 4.10. The fourth-order valence-corrected chi connectivity index (χ4v) is 3.64. The number of aliphatic hydroxyl groups excluding tert-OH is 1. The van der Waals surface area contributed by atoms with E-state index >= 15 is 0 Å². The summed E-state index contributed by atoms with van der Waals surface area (Å²) in [4.78, 5) is 2.39. The molecule has 1 aliphatic rings. The molecule has 2 N–H and O–H groups in total. The van der Waals surface area contributed by atoms with Gasteiger partial charge in [0.1, 0.15) is 0 Å². The van der Waals surface area contributed by atoms with Gasteiger partial charge < -0.3 is 15.3 Å². The lowest BCUT2D eigenvalue weighted by Gasteiger charge is -2.34. The molecule has 0 aliphatic carbocycles. The third kappa shape index (κ3) is 3.74. The quantitative estimate of drug-likeness (QED) is 0.862. The van der Waals surface area contributed by atoms with Crippen LogP contribution in [0.2, 0.25) is 0 Å². The number of aliphatic hydroxyl groups is 1. The van der Waals surface area contributed by atoms with Crippen molar-refractivity contribution >= 4 is 21.6 Å². The van der Waals surface area contributed by atoms with Crippen LogP contribution < -0.4 is 10.2 Å². The summed E-state index contributed by atoms with van der Waals surface area (Å²) in [6.07, 6.45) is 2.31. The zero-order valence-corrected chi connectivity index (χ0v) is 14.0. The van der Waals surface area contributed by atoms with E-state index in [0.29, 0.717) is 18.6 Å². The predicted octanol–water partition coefficient (Wildman–Crippen LogP) is 3.33. The molecule has 4 heteroatoms. The Bertz CT molecular complexity index is 438. The zero-order chi connectivity index (χ0) is 14.5. The Morgan fingerprint density at radius 3 is 2.95 bits per heavy atom. The summed E-state index contributed by atoms with van der Waals surface area (Å²) in [5.41, 5.74) is 2.55. The van der Waals surface area contributed by atoms with Gasteiger partial charge in [-0.05, 0) is 49.9 Å². The van der Waals surface area contributed by atoms with Crippen molar-refractivity contribution in [3.8, 4) is 0 Å². The van der Waals surface area contributed by atoms with Gasteiger partial charge in [0.2, 0.25) is 0 Å². The average molecular weight is 341 g/mol. The topological polar surface area (TPSA) is 35.5 Å². The van der Waals surface area contributed by atoms with Gasteiger partial charge in [-0.3, -0.25) is 0 Å². The van der Waals surface area contributed by atoms with Crippen molar-refractivity contribution in [2.45, 2.75) is 32.7 Å². The van der Waals surface area contributed by atoms with Crippen LogP contribution in [-0.4, -0.2) is 31.3 Å². The molecule has 20 heavy (non-hydrogen) atoms. The number of rotatable bonds is 5. The second kappa shape index (κ2) is 7.43. The minimum absolute atomic E-state index is 0.299. The van der Waals surface area contributed by atoms with Gasteiger partial charge in [-0.1, -0.05) is 28.9 Å². The summed E-state index contributed by atoms with van der Waals surface area (Å²) >= 11 is 3.70. The zero-order valence-electron chi connectivity index (χ0n) is 12.4. The molecule has 1 saturated heterocycles. The molecule has 1 aromatic carbocycles. The van der Waals surface area contributed by atoms with E-state index in [1.807, 2.05) is 0 Å². The monoisotopic (exact) mass is 340 g/mol. The Kier molecular flexibility index (Phi) is 5.87. The van der Waals surface area contributed by atoms with Crippen LogP contribution in [0.1, 0.15) is 38.3 Å². The van der Waals surface area contributed by atoms with Crippen molar-refractivity contribution in [2.75, 3.05) is 31.1 Å². The Morgan fingerprint density at radius 1 is 1.50 bits per heavy atom. The molecular weight excluding hydrogens is 316 g/mol. The summed E-state index contributed by atoms with van der Waals surface area (Å²) in [5, 5.41) is 12.8. The van der Waals surface area contributed by atoms with E-state index in [0.717, 1.165) is 30.5 Å². The maximum Gasteiger partial charge on any atom is 0.0476 e. The highest BCUT2D eigenvalue weighted by molar-refractivity contribution is 9.10. The Morgan fingerprint density at radius 2 is 2.30 bits per heavy atom. The van der Waals surface area contributed by atoms with Gasteiger partial charge in [-0.25, -0.2) is 0 Å². The molecule has 0 amide bonds. The van der Waals surface area contributed by atoms with Crippen molar-refractivity contribution < 1.29 is 5.11 Å². The fraction of sp³-hybridized carbons (Fsp3) is 0.625. The van der Waals surface area contributed by atoms with Crippen LogP contribution in [0, 0.1) is 5.92 Å². The van der Waals surface area contributed by atoms with Gasteiger partial charge in [0.15, 0.2) is 0 Å². The maximum atomic E-state index is 9.34. The average Bonchev–Trinajstić information content (AvgIpc) is 2.47. The van der Waals surface area contributed by atoms with Gasteiger partial charge in [0.05, 0.1) is 0 Å². The van der Waals surface area contributed by atoms with Crippen molar-refractivity contribution in [3.05, 3.63) is 28.2 Å². The lowest BCUT2D eigenvalue weighted by molar-refractivity contribution is 0.208. The molecule has 2 unspecified atom stereocenters. The molecule has 2 atom stereocenters. The number of hydrogen-bond acceptors (Lipinski definition) is 3. The molecule has 0 aromatic heterocycles. The first-order valence-corrected chi connectivity index (χ1v) is 8.33. The summed E-state index contributed by atoms with van der Waals surface area (Å²) in [7, 11) is 0. The molecule has 3 nitrogen and oxygen atoms in total. The molecule has 0 radical (unpaired) electrons. The van der Waals surface area contributed by atoms with Crippen LogP contribution >= 0.6 is 15.9 Å². The number of hydrogen-bond donors (Lipinski definition) is 2. The molecule has 1 aliphatic heterocycles. The van der Waals surface area contributed by atoms with E-state index in [4.69, 9.17) is 0 Å². The number of piperidine rings is 1. The molecule has 1 aromatic rings. The second-order valence-corrected chi connectivity index (χ2v) is 6.48. The van der Waals surface area contributed by atoms with Crippen LogP contribution in [0.15, 0.2) is 22.7 Å². The van der Waals surface area contributed by atoms with E-state index in [1.54, 1.807) is 0 Å². The number of anilines is 1. The van der Waals surface area contributed by atoms with Crippen LogP contribution in [0.3, 0.4) is 0 Å². The number of nitrogens with zero attached hydrogens (tertiary/aromatic N) is 1. The van der Waals surface area contributed by atoms with Crippen molar-refractivity contribution in [2.24, 2.45) is 5.92 Å². The number of nitrogens with one attached hydrogen (secondary N) is 1. The molecule has 0 saturated carbocycles. The Balaban J connectivity index is 2.12. The summed E-state index contributed by atoms with van der Waals surface area (Å²) in [5.74, 6) is 0.419. The lowest BCUT2D eigenvalue weighted by atomic mass is 9.98. The first kappa shape index (κ1) is 15.8. The van der Waals surface area contributed by atoms with Crippen LogP contribution in [0.5, 0.6) is 0 Å². The van der Waals surface area contributed by atoms with Gasteiger partial charge in [0.25, 0.3) is 0 Å². The lowest BCUT2D eigenvalue weighted by Crippen LogP contribution is -2.36. The summed E-state index contributed by atoms with van der Waals surface area (Å²) < 4.78 is 1.16. The van der Waals surface area contributed by atoms with E-state index < -0.39 is 0 Å². The predicted molar refractivity (Wildman–Crippen MR) is 88.3 cm³/mol. The van der Waals surface area contributed by atoms with Crippen molar-refractivity contribution in [1.29, 1.82) is 0 Å². The van der Waals surface area contributed by atoms with Crippen molar-refractivity contribution in [3.63, 3.8) is 0 Å². The first-order valence-electron chi connectivity index (χ1n) is 7.54. The first-order chi connectivity index (χ1) is 9.65. The number of halogens is 1. The van der Waals surface area contributed by atoms with E-state index in [2.05, 4.69) is 58.2 Å². The Labute approximate surface area is 130 Å². The van der Waals surface area contributed by atoms with Crippen LogP contribution in [0.25, 0.3) is 0 Å². The van der Waals surface area contributed by atoms with E-state index in [1.165, 1.54) is 17.7 Å².